The number of benzene rings is 3. The van der Waals surface area contributed by atoms with Crippen LogP contribution in [0.4, 0.5) is 5.69 Å². The second-order valence-electron chi connectivity index (χ2n) is 7.68. The molecule has 0 aliphatic rings. The SMILES string of the molecule is COc1cc(C(=O)OCC(=O)Nc2ccc(C(=O)N(C)C)cc2)ccc1OCc1ccc(Cl)cc1. The lowest BCUT2D eigenvalue weighted by Crippen LogP contribution is -2.22. The van der Waals surface area contributed by atoms with Gasteiger partial charge >= 0.3 is 5.97 Å². The molecule has 0 atom stereocenters. The normalized spacial score (nSPS) is 10.3. The lowest BCUT2D eigenvalue weighted by molar-refractivity contribution is -0.119. The maximum absolute atomic E-state index is 12.4. The summed E-state index contributed by atoms with van der Waals surface area (Å²) in [6.45, 7) is -0.184. The summed E-state index contributed by atoms with van der Waals surface area (Å²) in [6.07, 6.45) is 0. The molecule has 8 nitrogen and oxygen atoms in total. The van der Waals surface area contributed by atoms with Crippen molar-refractivity contribution in [3.05, 3.63) is 88.4 Å². The number of nitrogens with zero attached hydrogens (tertiary/aromatic N) is 1. The highest BCUT2D eigenvalue weighted by atomic mass is 35.5. The predicted molar refractivity (Wildman–Crippen MR) is 132 cm³/mol. The minimum atomic E-state index is -0.686. The molecular formula is C26H25ClN2O6. The van der Waals surface area contributed by atoms with E-state index in [1.165, 1.54) is 24.1 Å². The molecule has 182 valence electrons. The Labute approximate surface area is 208 Å². The molecule has 0 aromatic heterocycles. The van der Waals surface area contributed by atoms with Gasteiger partial charge in [-0.15, -0.1) is 0 Å². The van der Waals surface area contributed by atoms with E-state index in [-0.39, 0.29) is 11.5 Å². The van der Waals surface area contributed by atoms with E-state index in [4.69, 9.17) is 25.8 Å². The third-order valence-corrected chi connectivity index (χ3v) is 5.12. The van der Waals surface area contributed by atoms with Gasteiger partial charge in [-0.2, -0.15) is 0 Å². The molecule has 0 saturated carbocycles. The van der Waals surface area contributed by atoms with Crippen molar-refractivity contribution in [3.8, 4) is 11.5 Å². The standard InChI is InChI=1S/C26H25ClN2O6/c1-29(2)25(31)18-6-11-21(12-7-18)28-24(30)16-35-26(32)19-8-13-22(23(14-19)33-3)34-15-17-4-9-20(27)10-5-17/h4-14H,15-16H2,1-3H3,(H,28,30). The number of amides is 2. The molecule has 0 heterocycles. The van der Waals surface area contributed by atoms with E-state index in [0.717, 1.165) is 5.56 Å². The van der Waals surface area contributed by atoms with Crippen LogP contribution in [-0.4, -0.2) is 50.5 Å². The van der Waals surface area contributed by atoms with Crippen LogP contribution >= 0.6 is 11.6 Å². The van der Waals surface area contributed by atoms with Crippen LogP contribution < -0.4 is 14.8 Å². The zero-order valence-corrected chi connectivity index (χ0v) is 20.3. The smallest absolute Gasteiger partial charge is 0.338 e. The number of esters is 1. The summed E-state index contributed by atoms with van der Waals surface area (Å²) in [4.78, 5) is 38.0. The van der Waals surface area contributed by atoms with E-state index in [2.05, 4.69) is 5.32 Å². The van der Waals surface area contributed by atoms with Crippen molar-refractivity contribution in [2.75, 3.05) is 33.1 Å². The van der Waals surface area contributed by atoms with Crippen molar-refractivity contribution in [2.45, 2.75) is 6.61 Å². The molecule has 0 saturated heterocycles. The molecule has 3 aromatic rings. The summed E-state index contributed by atoms with van der Waals surface area (Å²) in [6, 6.07) is 18.3. The minimum Gasteiger partial charge on any atom is -0.493 e. The van der Waals surface area contributed by atoms with Crippen LogP contribution in [0.2, 0.25) is 5.02 Å². The summed E-state index contributed by atoms with van der Waals surface area (Å²) in [5, 5.41) is 3.25. The lowest BCUT2D eigenvalue weighted by atomic mass is 10.2. The molecule has 0 aliphatic carbocycles. The van der Waals surface area contributed by atoms with Crippen molar-refractivity contribution in [3.63, 3.8) is 0 Å². The summed E-state index contributed by atoms with van der Waals surface area (Å²) in [7, 11) is 4.78. The third kappa shape index (κ3) is 7.22. The first-order valence-corrected chi connectivity index (χ1v) is 11.0. The summed E-state index contributed by atoms with van der Waals surface area (Å²) in [5.41, 5.74) is 2.10. The number of ether oxygens (including phenoxy) is 3. The van der Waals surface area contributed by atoms with Crippen LogP contribution in [-0.2, 0) is 16.1 Å². The van der Waals surface area contributed by atoms with E-state index >= 15 is 0 Å². The van der Waals surface area contributed by atoms with Crippen LogP contribution in [0.15, 0.2) is 66.7 Å². The number of hydrogen-bond acceptors (Lipinski definition) is 6. The molecule has 35 heavy (non-hydrogen) atoms. The van der Waals surface area contributed by atoms with Crippen LogP contribution in [0.25, 0.3) is 0 Å². The zero-order valence-electron chi connectivity index (χ0n) is 19.5. The van der Waals surface area contributed by atoms with Gasteiger partial charge < -0.3 is 24.4 Å². The summed E-state index contributed by atoms with van der Waals surface area (Å²) in [5.74, 6) is -0.540. The highest BCUT2D eigenvalue weighted by Crippen LogP contribution is 2.29. The third-order valence-electron chi connectivity index (χ3n) is 4.86. The molecule has 0 radical (unpaired) electrons. The fraction of sp³-hybridized carbons (Fsp3) is 0.192. The fourth-order valence-corrected chi connectivity index (χ4v) is 3.15. The Morgan fingerprint density at radius 2 is 1.54 bits per heavy atom. The van der Waals surface area contributed by atoms with Gasteiger partial charge in [-0.05, 0) is 60.2 Å². The van der Waals surface area contributed by atoms with Gasteiger partial charge in [0.1, 0.15) is 6.61 Å². The van der Waals surface area contributed by atoms with E-state index < -0.39 is 18.5 Å². The minimum absolute atomic E-state index is 0.145. The number of carbonyl (C=O) groups is 3. The molecule has 9 heteroatoms. The molecule has 0 bridgehead atoms. The number of methoxy groups -OCH3 is 1. The van der Waals surface area contributed by atoms with Crippen molar-refractivity contribution in [1.29, 1.82) is 0 Å². The van der Waals surface area contributed by atoms with Crippen LogP contribution in [0.1, 0.15) is 26.3 Å². The van der Waals surface area contributed by atoms with Crippen LogP contribution in [0.5, 0.6) is 11.5 Å². The largest absolute Gasteiger partial charge is 0.493 e. The molecular weight excluding hydrogens is 472 g/mol. The van der Waals surface area contributed by atoms with Gasteiger partial charge in [0.2, 0.25) is 0 Å². The van der Waals surface area contributed by atoms with E-state index in [9.17, 15) is 14.4 Å². The van der Waals surface area contributed by atoms with Gasteiger partial charge in [0.05, 0.1) is 12.7 Å². The van der Waals surface area contributed by atoms with Crippen LogP contribution in [0, 0.1) is 0 Å². The van der Waals surface area contributed by atoms with Gasteiger partial charge in [-0.1, -0.05) is 23.7 Å². The Bertz CT molecular complexity index is 1190. The van der Waals surface area contributed by atoms with E-state index in [0.29, 0.717) is 34.4 Å². The Kier molecular flexibility index (Phi) is 8.69. The van der Waals surface area contributed by atoms with Gasteiger partial charge in [0, 0.05) is 30.4 Å². The molecule has 1 N–H and O–H groups in total. The van der Waals surface area contributed by atoms with Crippen LogP contribution in [0.3, 0.4) is 0 Å². The summed E-state index contributed by atoms with van der Waals surface area (Å²) >= 11 is 5.89. The number of hydrogen-bond donors (Lipinski definition) is 1. The zero-order chi connectivity index (χ0) is 25.4. The molecule has 3 aromatic carbocycles. The maximum Gasteiger partial charge on any atom is 0.338 e. The fourth-order valence-electron chi connectivity index (χ4n) is 3.02. The van der Waals surface area contributed by atoms with Gasteiger partial charge in [0.25, 0.3) is 11.8 Å². The number of halogens is 1. The highest BCUT2D eigenvalue weighted by molar-refractivity contribution is 6.30. The van der Waals surface area contributed by atoms with Crippen molar-refractivity contribution in [1.82, 2.24) is 4.90 Å². The monoisotopic (exact) mass is 496 g/mol. The van der Waals surface area contributed by atoms with Crippen molar-refractivity contribution < 1.29 is 28.6 Å². The van der Waals surface area contributed by atoms with Gasteiger partial charge in [-0.3, -0.25) is 9.59 Å². The number of carbonyl (C=O) groups excluding carboxylic acids is 3. The molecule has 2 amide bonds. The first kappa shape index (κ1) is 25.6. The first-order valence-electron chi connectivity index (χ1n) is 10.6. The summed E-state index contributed by atoms with van der Waals surface area (Å²) < 4.78 is 16.2. The quantitative estimate of drug-likeness (QED) is 0.440. The van der Waals surface area contributed by atoms with E-state index in [1.807, 2.05) is 12.1 Å². The second-order valence-corrected chi connectivity index (χ2v) is 8.12. The molecule has 0 spiro atoms. The molecule has 0 fully saturated rings. The maximum atomic E-state index is 12.4. The number of anilines is 1. The number of nitrogens with one attached hydrogen (secondary N) is 1. The van der Waals surface area contributed by atoms with Gasteiger partial charge in [0.15, 0.2) is 18.1 Å². The first-order chi connectivity index (χ1) is 16.8. The average Bonchev–Trinajstić information content (AvgIpc) is 2.86. The number of rotatable bonds is 9. The Morgan fingerprint density at radius 3 is 2.17 bits per heavy atom. The predicted octanol–water partition coefficient (Wildman–Crippen LogP) is 4.42. The molecule has 0 aliphatic heterocycles. The Morgan fingerprint density at radius 1 is 0.886 bits per heavy atom. The highest BCUT2D eigenvalue weighted by Gasteiger charge is 2.15. The topological polar surface area (TPSA) is 94.2 Å². The lowest BCUT2D eigenvalue weighted by Gasteiger charge is -2.12. The van der Waals surface area contributed by atoms with E-state index in [1.54, 1.807) is 56.6 Å². The Balaban J connectivity index is 1.53. The van der Waals surface area contributed by atoms with Crippen molar-refractivity contribution in [2.24, 2.45) is 0 Å². The van der Waals surface area contributed by atoms with Crippen molar-refractivity contribution >= 4 is 35.1 Å². The molecule has 0 unspecified atom stereocenters. The molecule has 3 rings (SSSR count). The second kappa shape index (κ2) is 11.9. The van der Waals surface area contributed by atoms with Gasteiger partial charge in [-0.25, -0.2) is 4.79 Å². The Hall–Kier alpha value is -4.04. The average molecular weight is 497 g/mol.